The van der Waals surface area contributed by atoms with E-state index in [1.807, 2.05) is 13.0 Å². The van der Waals surface area contributed by atoms with E-state index in [1.165, 1.54) is 0 Å². The van der Waals surface area contributed by atoms with Gasteiger partial charge in [-0.3, -0.25) is 4.99 Å². The third-order valence-electron chi connectivity index (χ3n) is 1.73. The molecule has 0 amide bonds. The van der Waals surface area contributed by atoms with Crippen LogP contribution in [-0.4, -0.2) is 5.71 Å². The molecule has 0 aliphatic rings. The highest BCUT2D eigenvalue weighted by molar-refractivity contribution is 5.96. The van der Waals surface area contributed by atoms with Gasteiger partial charge in [-0.1, -0.05) is 32.9 Å². The molecule has 0 fully saturated rings. The van der Waals surface area contributed by atoms with Crippen molar-refractivity contribution in [1.82, 2.24) is 0 Å². The van der Waals surface area contributed by atoms with Crippen molar-refractivity contribution in [3.8, 4) is 0 Å². The highest BCUT2D eigenvalue weighted by atomic mass is 14.7. The van der Waals surface area contributed by atoms with E-state index in [4.69, 9.17) is 0 Å². The van der Waals surface area contributed by atoms with Crippen LogP contribution >= 0.6 is 0 Å². The molecule has 0 aromatic carbocycles. The molecule has 0 aromatic rings. The molecule has 1 heteroatoms. The molecule has 0 saturated heterocycles. The van der Waals surface area contributed by atoms with E-state index in [-0.39, 0.29) is 0 Å². The van der Waals surface area contributed by atoms with Crippen molar-refractivity contribution < 1.29 is 0 Å². The first kappa shape index (κ1) is 12.2. The molecule has 0 rings (SSSR count). The van der Waals surface area contributed by atoms with Gasteiger partial charge in [0.15, 0.2) is 0 Å². The van der Waals surface area contributed by atoms with Crippen LogP contribution in [0.25, 0.3) is 0 Å². The van der Waals surface area contributed by atoms with Gasteiger partial charge in [0.05, 0.1) is 0 Å². The fraction of sp³-hybridized carbons (Fsp3) is 0.583. The van der Waals surface area contributed by atoms with Crippen LogP contribution in [0.1, 0.15) is 41.0 Å². The SMILES string of the molecule is C\C=C/C(=N\C(C)=C\CC)C(C)C. The van der Waals surface area contributed by atoms with Gasteiger partial charge < -0.3 is 0 Å². The first-order valence-electron chi connectivity index (χ1n) is 4.99. The van der Waals surface area contributed by atoms with Crippen LogP contribution in [-0.2, 0) is 0 Å². The monoisotopic (exact) mass is 179 g/mol. The zero-order chi connectivity index (χ0) is 10.3. The maximum atomic E-state index is 4.55. The van der Waals surface area contributed by atoms with Gasteiger partial charge in [0.1, 0.15) is 0 Å². The standard InChI is InChI=1S/C12H21N/c1-6-8-11(5)13-12(9-7-2)10(3)4/h7-10H,6H2,1-5H3/b9-7-,11-8+,13-12+. The van der Waals surface area contributed by atoms with Gasteiger partial charge in [-0.05, 0) is 32.3 Å². The molecule has 0 unspecified atom stereocenters. The minimum atomic E-state index is 0.497. The molecule has 0 aromatic heterocycles. The Morgan fingerprint density at radius 2 is 2.00 bits per heavy atom. The molecule has 0 aliphatic heterocycles. The fourth-order valence-electron chi connectivity index (χ4n) is 1.07. The molecule has 0 heterocycles. The number of hydrogen-bond donors (Lipinski definition) is 0. The lowest BCUT2D eigenvalue weighted by molar-refractivity contribution is 0.884. The Kier molecular flexibility index (Phi) is 6.21. The summed E-state index contributed by atoms with van der Waals surface area (Å²) in [5.74, 6) is 0.497. The molecule has 0 spiro atoms. The number of hydrogen-bond acceptors (Lipinski definition) is 1. The van der Waals surface area contributed by atoms with Crippen LogP contribution in [0.2, 0.25) is 0 Å². The second kappa shape index (κ2) is 6.64. The highest BCUT2D eigenvalue weighted by Crippen LogP contribution is 2.05. The van der Waals surface area contributed by atoms with Gasteiger partial charge in [-0.2, -0.15) is 0 Å². The summed E-state index contributed by atoms with van der Waals surface area (Å²) in [4.78, 5) is 4.55. The van der Waals surface area contributed by atoms with E-state index in [0.717, 1.165) is 17.8 Å². The fourth-order valence-corrected chi connectivity index (χ4v) is 1.07. The number of nitrogens with zero attached hydrogens (tertiary/aromatic N) is 1. The van der Waals surface area contributed by atoms with Crippen LogP contribution < -0.4 is 0 Å². The molecule has 0 radical (unpaired) electrons. The summed E-state index contributed by atoms with van der Waals surface area (Å²) in [5, 5.41) is 0. The number of rotatable bonds is 4. The van der Waals surface area contributed by atoms with Gasteiger partial charge in [-0.25, -0.2) is 0 Å². The molecule has 0 saturated carbocycles. The van der Waals surface area contributed by atoms with Crippen LogP contribution in [0, 0.1) is 5.92 Å². The second-order valence-corrected chi connectivity index (χ2v) is 3.45. The van der Waals surface area contributed by atoms with Crippen molar-refractivity contribution in [2.24, 2.45) is 10.9 Å². The van der Waals surface area contributed by atoms with Gasteiger partial charge in [0, 0.05) is 11.4 Å². The van der Waals surface area contributed by atoms with E-state index in [1.54, 1.807) is 0 Å². The molecule has 74 valence electrons. The molecule has 0 bridgehead atoms. The van der Waals surface area contributed by atoms with Crippen molar-refractivity contribution in [3.63, 3.8) is 0 Å². The van der Waals surface area contributed by atoms with Crippen LogP contribution in [0.3, 0.4) is 0 Å². The molecule has 0 aliphatic carbocycles. The summed E-state index contributed by atoms with van der Waals surface area (Å²) in [6.45, 7) is 10.5. The first-order valence-corrected chi connectivity index (χ1v) is 4.99. The number of allylic oxidation sites excluding steroid dienone is 4. The van der Waals surface area contributed by atoms with Crippen molar-refractivity contribution in [1.29, 1.82) is 0 Å². The van der Waals surface area contributed by atoms with E-state index in [9.17, 15) is 0 Å². The molecular weight excluding hydrogens is 158 g/mol. The predicted molar refractivity (Wildman–Crippen MR) is 61.1 cm³/mol. The average molecular weight is 179 g/mol. The van der Waals surface area contributed by atoms with E-state index < -0.39 is 0 Å². The summed E-state index contributed by atoms with van der Waals surface area (Å²) < 4.78 is 0. The van der Waals surface area contributed by atoms with Gasteiger partial charge in [0.25, 0.3) is 0 Å². The number of aliphatic imine (C=N–C) groups is 1. The Morgan fingerprint density at radius 1 is 1.38 bits per heavy atom. The third kappa shape index (κ3) is 5.40. The van der Waals surface area contributed by atoms with Gasteiger partial charge >= 0.3 is 0 Å². The Balaban J connectivity index is 4.62. The van der Waals surface area contributed by atoms with Crippen LogP contribution in [0.4, 0.5) is 0 Å². The first-order chi connectivity index (χ1) is 6.11. The third-order valence-corrected chi connectivity index (χ3v) is 1.73. The van der Waals surface area contributed by atoms with Crippen LogP contribution in [0.5, 0.6) is 0 Å². The molecular formula is C12H21N. The zero-order valence-electron chi connectivity index (χ0n) is 9.46. The topological polar surface area (TPSA) is 12.4 Å². The van der Waals surface area contributed by atoms with Gasteiger partial charge in [0.2, 0.25) is 0 Å². The molecule has 1 nitrogen and oxygen atoms in total. The molecule has 0 atom stereocenters. The summed E-state index contributed by atoms with van der Waals surface area (Å²) in [5.41, 5.74) is 2.27. The Hall–Kier alpha value is -0.850. The van der Waals surface area contributed by atoms with Crippen molar-refractivity contribution >= 4 is 5.71 Å². The smallest absolute Gasteiger partial charge is 0.0428 e. The van der Waals surface area contributed by atoms with E-state index in [0.29, 0.717) is 5.92 Å². The molecule has 13 heavy (non-hydrogen) atoms. The summed E-state index contributed by atoms with van der Waals surface area (Å²) >= 11 is 0. The maximum absolute atomic E-state index is 4.55. The van der Waals surface area contributed by atoms with E-state index in [2.05, 4.69) is 44.8 Å². The predicted octanol–water partition coefficient (Wildman–Crippen LogP) is 3.97. The highest BCUT2D eigenvalue weighted by Gasteiger charge is 1.99. The summed E-state index contributed by atoms with van der Waals surface area (Å²) in [6.07, 6.45) is 7.32. The molecule has 0 N–H and O–H groups in total. The Labute approximate surface area is 82.3 Å². The van der Waals surface area contributed by atoms with Crippen molar-refractivity contribution in [3.05, 3.63) is 23.9 Å². The van der Waals surface area contributed by atoms with Crippen molar-refractivity contribution in [2.75, 3.05) is 0 Å². The normalized spacial score (nSPS) is 14.6. The lowest BCUT2D eigenvalue weighted by Crippen LogP contribution is -2.03. The minimum Gasteiger partial charge on any atom is -0.258 e. The summed E-state index contributed by atoms with van der Waals surface area (Å²) in [6, 6.07) is 0. The minimum absolute atomic E-state index is 0.497. The zero-order valence-corrected chi connectivity index (χ0v) is 9.46. The quantitative estimate of drug-likeness (QED) is 0.579. The Morgan fingerprint density at radius 3 is 2.38 bits per heavy atom. The van der Waals surface area contributed by atoms with Gasteiger partial charge in [-0.15, -0.1) is 0 Å². The summed E-state index contributed by atoms with van der Waals surface area (Å²) in [7, 11) is 0. The maximum Gasteiger partial charge on any atom is 0.0428 e. The van der Waals surface area contributed by atoms with Crippen molar-refractivity contribution in [2.45, 2.75) is 41.0 Å². The second-order valence-electron chi connectivity index (χ2n) is 3.45. The largest absolute Gasteiger partial charge is 0.258 e. The van der Waals surface area contributed by atoms with E-state index >= 15 is 0 Å². The lowest BCUT2D eigenvalue weighted by Gasteiger charge is -2.05. The average Bonchev–Trinajstić information content (AvgIpc) is 2.04. The van der Waals surface area contributed by atoms with Crippen LogP contribution in [0.15, 0.2) is 28.9 Å². The Bertz CT molecular complexity index is 219. The lowest BCUT2D eigenvalue weighted by atomic mass is 10.1.